The van der Waals surface area contributed by atoms with E-state index >= 15 is 0 Å². The van der Waals surface area contributed by atoms with Gasteiger partial charge in [0.25, 0.3) is 0 Å². The summed E-state index contributed by atoms with van der Waals surface area (Å²) in [6.07, 6.45) is 0. The number of thiazole rings is 1. The summed E-state index contributed by atoms with van der Waals surface area (Å²) in [7, 11) is -0.931. The lowest BCUT2D eigenvalue weighted by atomic mass is 10.0. The van der Waals surface area contributed by atoms with Gasteiger partial charge in [-0.15, -0.1) is 11.3 Å². The summed E-state index contributed by atoms with van der Waals surface area (Å²) in [5.41, 5.74) is 4.55. The number of nitrogens with one attached hydrogen (secondary N) is 1. The monoisotopic (exact) mass is 416 g/mol. The zero-order chi connectivity index (χ0) is 19.4. The van der Waals surface area contributed by atoms with Crippen LogP contribution in [0, 0.1) is 6.92 Å². The predicted octanol–water partition coefficient (Wildman–Crippen LogP) is 6.28. The molecule has 0 saturated heterocycles. The van der Waals surface area contributed by atoms with Crippen molar-refractivity contribution >= 4 is 39.2 Å². The van der Waals surface area contributed by atoms with Gasteiger partial charge in [-0.25, -0.2) is 4.98 Å². The molecule has 0 aliphatic heterocycles. The Balaban J connectivity index is 1.63. The third kappa shape index (κ3) is 5.67. The van der Waals surface area contributed by atoms with Crippen LogP contribution in [0.15, 0.2) is 58.8 Å². The lowest BCUT2D eigenvalue weighted by Crippen LogP contribution is -2.23. The minimum absolute atomic E-state index is 0.220. The highest BCUT2D eigenvalue weighted by Gasteiger charge is 2.20. The number of rotatable bonds is 6. The van der Waals surface area contributed by atoms with Crippen LogP contribution >= 0.6 is 23.3 Å². The van der Waals surface area contributed by atoms with Crippen LogP contribution in [0.5, 0.6) is 0 Å². The zero-order valence-corrected chi connectivity index (χ0v) is 18.4. The number of benzene rings is 2. The van der Waals surface area contributed by atoms with E-state index in [1.807, 2.05) is 26.2 Å². The van der Waals surface area contributed by atoms with Crippen molar-refractivity contribution in [2.24, 2.45) is 0 Å². The van der Waals surface area contributed by atoms with Crippen molar-refractivity contribution in [1.29, 1.82) is 0 Å². The fraction of sp³-hybridized carbons (Fsp3) is 0.286. The van der Waals surface area contributed by atoms with Crippen LogP contribution in [0.1, 0.15) is 32.0 Å². The lowest BCUT2D eigenvalue weighted by Gasteiger charge is -2.16. The molecular formula is C21H24N2OS3. The Hall–Kier alpha value is -1.63. The molecule has 1 atom stereocenters. The van der Waals surface area contributed by atoms with Crippen LogP contribution < -0.4 is 4.72 Å². The quantitative estimate of drug-likeness (QED) is 0.480. The van der Waals surface area contributed by atoms with E-state index in [9.17, 15) is 4.21 Å². The maximum atomic E-state index is 12.3. The van der Waals surface area contributed by atoms with E-state index in [1.165, 1.54) is 16.7 Å². The largest absolute Gasteiger partial charge is 0.302 e. The molecule has 0 aliphatic rings. The summed E-state index contributed by atoms with van der Waals surface area (Å²) >= 11 is 3.09. The molecule has 0 spiro atoms. The summed E-state index contributed by atoms with van der Waals surface area (Å²) < 4.78 is 15.4. The van der Waals surface area contributed by atoms with Gasteiger partial charge < -0.3 is 4.72 Å². The van der Waals surface area contributed by atoms with Crippen LogP contribution in [-0.2, 0) is 16.6 Å². The molecule has 0 fully saturated rings. The molecule has 0 saturated carbocycles. The summed E-state index contributed by atoms with van der Waals surface area (Å²) in [6, 6.07) is 17.0. The van der Waals surface area contributed by atoms with Gasteiger partial charge in [0.15, 0.2) is 5.13 Å². The molecule has 1 N–H and O–H groups in total. The van der Waals surface area contributed by atoms with Crippen molar-refractivity contribution in [1.82, 2.24) is 4.98 Å². The second kappa shape index (κ2) is 8.59. The molecule has 6 heteroatoms. The SMILES string of the molecule is Cc1ccc(-c2cccc(SNc3nc(CS(=O)C(C)(C)C)cs3)c2)cc1. The van der Waals surface area contributed by atoms with E-state index < -0.39 is 10.8 Å². The molecule has 0 bridgehead atoms. The minimum Gasteiger partial charge on any atom is -0.302 e. The van der Waals surface area contributed by atoms with Crippen molar-refractivity contribution in [3.05, 3.63) is 65.2 Å². The van der Waals surface area contributed by atoms with Crippen molar-refractivity contribution < 1.29 is 4.21 Å². The van der Waals surface area contributed by atoms with Crippen molar-refractivity contribution in [3.63, 3.8) is 0 Å². The van der Waals surface area contributed by atoms with E-state index in [1.54, 1.807) is 23.3 Å². The Morgan fingerprint density at radius 1 is 1.11 bits per heavy atom. The summed E-state index contributed by atoms with van der Waals surface area (Å²) in [5.74, 6) is 0.495. The second-order valence-corrected chi connectivity index (χ2v) is 11.3. The third-order valence-electron chi connectivity index (χ3n) is 3.99. The van der Waals surface area contributed by atoms with Gasteiger partial charge in [-0.1, -0.05) is 42.0 Å². The van der Waals surface area contributed by atoms with Crippen LogP contribution in [0.4, 0.5) is 5.13 Å². The predicted molar refractivity (Wildman–Crippen MR) is 120 cm³/mol. The topological polar surface area (TPSA) is 42.0 Å². The highest BCUT2D eigenvalue weighted by atomic mass is 32.2. The van der Waals surface area contributed by atoms with Crippen molar-refractivity contribution in [2.45, 2.75) is 43.1 Å². The summed E-state index contributed by atoms with van der Waals surface area (Å²) in [4.78, 5) is 5.69. The number of nitrogens with zero attached hydrogens (tertiary/aromatic N) is 1. The van der Waals surface area contributed by atoms with Crippen LogP contribution in [0.2, 0.25) is 0 Å². The second-order valence-electron chi connectivity index (χ2n) is 7.34. The molecule has 0 aliphatic carbocycles. The van der Waals surface area contributed by atoms with Gasteiger partial charge in [0, 0.05) is 25.8 Å². The average molecular weight is 417 g/mol. The first kappa shape index (κ1) is 20.1. The maximum Gasteiger partial charge on any atom is 0.193 e. The van der Waals surface area contributed by atoms with Crippen molar-refractivity contribution in [3.8, 4) is 11.1 Å². The fourth-order valence-electron chi connectivity index (χ4n) is 2.36. The first-order chi connectivity index (χ1) is 12.8. The molecule has 142 valence electrons. The standard InChI is InChI=1S/C21H24N2OS3/c1-15-8-10-16(11-9-15)17-6-5-7-19(12-17)26-23-20-22-18(13-25-20)14-27(24)21(2,3)4/h5-13H,14H2,1-4H3,(H,22,23). The van der Waals surface area contributed by atoms with Gasteiger partial charge in [-0.2, -0.15) is 0 Å². The molecule has 1 unspecified atom stereocenters. The molecule has 27 heavy (non-hydrogen) atoms. The first-order valence-corrected chi connectivity index (χ1v) is 11.8. The van der Waals surface area contributed by atoms with Gasteiger partial charge in [-0.05, 0) is 62.9 Å². The Morgan fingerprint density at radius 3 is 2.56 bits per heavy atom. The maximum absolute atomic E-state index is 12.3. The fourth-order valence-corrected chi connectivity index (χ4v) is 4.77. The Bertz CT molecular complexity index is 927. The number of anilines is 1. The van der Waals surface area contributed by atoms with Crippen LogP contribution in [0.3, 0.4) is 0 Å². The van der Waals surface area contributed by atoms with E-state index in [0.717, 1.165) is 15.7 Å². The zero-order valence-electron chi connectivity index (χ0n) is 16.0. The lowest BCUT2D eigenvalue weighted by molar-refractivity contribution is 0.648. The van der Waals surface area contributed by atoms with Gasteiger partial charge in [0.05, 0.1) is 11.4 Å². The van der Waals surface area contributed by atoms with Gasteiger partial charge in [0.2, 0.25) is 0 Å². The molecule has 3 rings (SSSR count). The van der Waals surface area contributed by atoms with E-state index in [0.29, 0.717) is 5.75 Å². The highest BCUT2D eigenvalue weighted by Crippen LogP contribution is 2.28. The minimum atomic E-state index is -0.931. The Morgan fingerprint density at radius 2 is 1.85 bits per heavy atom. The first-order valence-electron chi connectivity index (χ1n) is 8.74. The van der Waals surface area contributed by atoms with Crippen molar-refractivity contribution in [2.75, 3.05) is 4.72 Å². The number of hydrogen-bond donors (Lipinski definition) is 1. The van der Waals surface area contributed by atoms with E-state index in [2.05, 4.69) is 65.2 Å². The Kier molecular flexibility index (Phi) is 6.40. The highest BCUT2D eigenvalue weighted by molar-refractivity contribution is 8.00. The van der Waals surface area contributed by atoms with E-state index in [4.69, 9.17) is 0 Å². The van der Waals surface area contributed by atoms with Crippen LogP contribution in [-0.4, -0.2) is 13.9 Å². The van der Waals surface area contributed by atoms with E-state index in [-0.39, 0.29) is 4.75 Å². The van der Waals surface area contributed by atoms with Crippen LogP contribution in [0.25, 0.3) is 11.1 Å². The molecule has 1 aromatic heterocycles. The number of hydrogen-bond acceptors (Lipinski definition) is 5. The molecule has 0 amide bonds. The number of aromatic nitrogens is 1. The summed E-state index contributed by atoms with van der Waals surface area (Å²) in [5, 5.41) is 2.82. The normalized spacial score (nSPS) is 12.7. The summed E-state index contributed by atoms with van der Waals surface area (Å²) in [6.45, 7) is 8.07. The van der Waals surface area contributed by atoms with Gasteiger partial charge in [0.1, 0.15) is 0 Å². The van der Waals surface area contributed by atoms with Gasteiger partial charge >= 0.3 is 0 Å². The smallest absolute Gasteiger partial charge is 0.193 e. The van der Waals surface area contributed by atoms with Gasteiger partial charge in [-0.3, -0.25) is 4.21 Å². The molecule has 1 heterocycles. The molecule has 3 nitrogen and oxygen atoms in total. The third-order valence-corrected chi connectivity index (χ3v) is 7.63. The Labute approximate surface area is 172 Å². The molecule has 3 aromatic rings. The average Bonchev–Trinajstić information content (AvgIpc) is 3.07. The molecular weight excluding hydrogens is 392 g/mol. The molecule has 0 radical (unpaired) electrons. The number of aryl methyl sites for hydroxylation is 1. The molecule has 2 aromatic carbocycles.